The number of aryl methyl sites for hydroxylation is 2. The summed E-state index contributed by atoms with van der Waals surface area (Å²) in [4.78, 5) is 0. The van der Waals surface area contributed by atoms with Gasteiger partial charge in [0, 0.05) is 12.6 Å². The first kappa shape index (κ1) is 12.6. The lowest BCUT2D eigenvalue weighted by Gasteiger charge is -2.16. The van der Waals surface area contributed by atoms with Crippen LogP contribution in [0.5, 0.6) is 5.75 Å². The number of nitrogens with two attached hydrogens (primary N) is 1. The summed E-state index contributed by atoms with van der Waals surface area (Å²) in [7, 11) is 3.35. The third-order valence-electron chi connectivity index (χ3n) is 2.88. The lowest BCUT2D eigenvalue weighted by atomic mass is 10.0. The Morgan fingerprint density at radius 2 is 2.11 bits per heavy atom. The number of nitrogens with zero attached hydrogens (tertiary/aromatic N) is 2. The summed E-state index contributed by atoms with van der Waals surface area (Å²) in [5, 5.41) is 4.24. The first-order valence-electron chi connectivity index (χ1n) is 5.62. The maximum atomic E-state index is 13.3. The van der Waals surface area contributed by atoms with Gasteiger partial charge in [-0.25, -0.2) is 4.39 Å². The molecule has 2 N–H and O–H groups in total. The van der Waals surface area contributed by atoms with Crippen LogP contribution in [0.15, 0.2) is 24.3 Å². The Bertz CT molecular complexity index is 565. The highest BCUT2D eigenvalue weighted by atomic mass is 19.1. The number of halogens is 1. The quantitative estimate of drug-likeness (QED) is 0.904. The Labute approximate surface area is 105 Å². The molecule has 0 fully saturated rings. The molecule has 5 heteroatoms. The highest BCUT2D eigenvalue weighted by molar-refractivity contribution is 5.40. The van der Waals surface area contributed by atoms with Gasteiger partial charge in [-0.1, -0.05) is 0 Å². The summed E-state index contributed by atoms with van der Waals surface area (Å²) in [6, 6.07) is 5.74. The van der Waals surface area contributed by atoms with Gasteiger partial charge in [-0.2, -0.15) is 5.10 Å². The van der Waals surface area contributed by atoms with Crippen LogP contribution >= 0.6 is 0 Å². The number of ether oxygens (including phenoxy) is 1. The molecule has 96 valence electrons. The van der Waals surface area contributed by atoms with Crippen molar-refractivity contribution in [3.63, 3.8) is 0 Å². The molecule has 2 rings (SSSR count). The standard InChI is InChI=1S/C13H16FN3O/c1-8-6-11(17(2)16-8)13(15)10-7-9(14)4-5-12(10)18-3/h4-7,13H,15H2,1-3H3. The first-order chi connectivity index (χ1) is 8.52. The van der Waals surface area contributed by atoms with Gasteiger partial charge in [0.25, 0.3) is 0 Å². The Hall–Kier alpha value is -1.88. The smallest absolute Gasteiger partial charge is 0.124 e. The van der Waals surface area contributed by atoms with E-state index in [-0.39, 0.29) is 5.82 Å². The Balaban J connectivity index is 2.48. The van der Waals surface area contributed by atoms with Crippen LogP contribution in [0.1, 0.15) is 23.0 Å². The Morgan fingerprint density at radius 3 is 2.67 bits per heavy atom. The van der Waals surface area contributed by atoms with Gasteiger partial charge in [-0.05, 0) is 31.2 Å². The number of hydrogen-bond donors (Lipinski definition) is 1. The van der Waals surface area contributed by atoms with Gasteiger partial charge in [0.05, 0.1) is 24.5 Å². The summed E-state index contributed by atoms with van der Waals surface area (Å²) in [6.07, 6.45) is 0. The van der Waals surface area contributed by atoms with E-state index in [9.17, 15) is 4.39 Å². The first-order valence-corrected chi connectivity index (χ1v) is 5.62. The summed E-state index contributed by atoms with van der Waals surface area (Å²) in [6.45, 7) is 1.89. The van der Waals surface area contributed by atoms with Crippen molar-refractivity contribution in [2.75, 3.05) is 7.11 Å². The molecule has 0 aliphatic heterocycles. The van der Waals surface area contributed by atoms with E-state index in [1.165, 1.54) is 19.2 Å². The van der Waals surface area contributed by atoms with E-state index in [1.54, 1.807) is 10.7 Å². The second kappa shape index (κ2) is 4.78. The van der Waals surface area contributed by atoms with Crippen LogP contribution in [0.25, 0.3) is 0 Å². The minimum atomic E-state index is -0.471. The van der Waals surface area contributed by atoms with Crippen molar-refractivity contribution in [3.05, 3.63) is 47.0 Å². The molecule has 0 aliphatic carbocycles. The minimum Gasteiger partial charge on any atom is -0.496 e. The lowest BCUT2D eigenvalue weighted by Crippen LogP contribution is -2.17. The SMILES string of the molecule is COc1ccc(F)cc1C(N)c1cc(C)nn1C. The Kier molecular flexibility index (Phi) is 3.34. The fourth-order valence-corrected chi connectivity index (χ4v) is 2.03. The Morgan fingerprint density at radius 1 is 1.39 bits per heavy atom. The maximum Gasteiger partial charge on any atom is 0.124 e. The predicted molar refractivity (Wildman–Crippen MR) is 66.9 cm³/mol. The molecule has 0 spiro atoms. The maximum absolute atomic E-state index is 13.3. The average Bonchev–Trinajstić information content (AvgIpc) is 2.67. The third-order valence-corrected chi connectivity index (χ3v) is 2.88. The van der Waals surface area contributed by atoms with Gasteiger partial charge >= 0.3 is 0 Å². The van der Waals surface area contributed by atoms with Crippen LogP contribution in [0.4, 0.5) is 4.39 Å². The molecule has 0 amide bonds. The van der Waals surface area contributed by atoms with Crippen LogP contribution < -0.4 is 10.5 Å². The van der Waals surface area contributed by atoms with Crippen molar-refractivity contribution in [2.45, 2.75) is 13.0 Å². The van der Waals surface area contributed by atoms with E-state index in [1.807, 2.05) is 20.0 Å². The highest BCUT2D eigenvalue weighted by Gasteiger charge is 2.18. The van der Waals surface area contributed by atoms with E-state index in [2.05, 4.69) is 5.10 Å². The van der Waals surface area contributed by atoms with Crippen LogP contribution in [0, 0.1) is 12.7 Å². The predicted octanol–water partition coefficient (Wildman–Crippen LogP) is 1.92. The van der Waals surface area contributed by atoms with Crippen LogP contribution in [0.3, 0.4) is 0 Å². The molecule has 0 bridgehead atoms. The zero-order valence-corrected chi connectivity index (χ0v) is 10.6. The number of aromatic nitrogens is 2. The van der Waals surface area contributed by atoms with Gasteiger partial charge in [0.15, 0.2) is 0 Å². The average molecular weight is 249 g/mol. The molecule has 0 saturated heterocycles. The number of hydrogen-bond acceptors (Lipinski definition) is 3. The molecule has 0 saturated carbocycles. The van der Waals surface area contributed by atoms with Crippen molar-refractivity contribution >= 4 is 0 Å². The molecule has 1 aromatic carbocycles. The van der Waals surface area contributed by atoms with Crippen LogP contribution in [0.2, 0.25) is 0 Å². The zero-order valence-electron chi connectivity index (χ0n) is 10.6. The zero-order chi connectivity index (χ0) is 13.3. The number of methoxy groups -OCH3 is 1. The van der Waals surface area contributed by atoms with Gasteiger partial charge < -0.3 is 10.5 Å². The summed E-state index contributed by atoms with van der Waals surface area (Å²) >= 11 is 0. The molecule has 2 aromatic rings. The largest absolute Gasteiger partial charge is 0.496 e. The van der Waals surface area contributed by atoms with E-state index >= 15 is 0 Å². The highest BCUT2D eigenvalue weighted by Crippen LogP contribution is 2.29. The van der Waals surface area contributed by atoms with Gasteiger partial charge in [0.2, 0.25) is 0 Å². The molecular weight excluding hydrogens is 233 g/mol. The molecule has 1 atom stereocenters. The van der Waals surface area contributed by atoms with Crippen molar-refractivity contribution in [1.82, 2.24) is 9.78 Å². The molecule has 0 radical (unpaired) electrons. The third kappa shape index (κ3) is 2.22. The topological polar surface area (TPSA) is 53.1 Å². The van der Waals surface area contributed by atoms with Crippen molar-refractivity contribution in [1.29, 1.82) is 0 Å². The monoisotopic (exact) mass is 249 g/mol. The molecule has 1 heterocycles. The van der Waals surface area contributed by atoms with Crippen molar-refractivity contribution in [3.8, 4) is 5.75 Å². The van der Waals surface area contributed by atoms with Gasteiger partial charge in [-0.15, -0.1) is 0 Å². The van der Waals surface area contributed by atoms with E-state index in [0.717, 1.165) is 11.4 Å². The normalized spacial score (nSPS) is 12.5. The second-order valence-electron chi connectivity index (χ2n) is 4.20. The van der Waals surface area contributed by atoms with Crippen molar-refractivity contribution in [2.24, 2.45) is 12.8 Å². The lowest BCUT2D eigenvalue weighted by molar-refractivity contribution is 0.405. The summed E-state index contributed by atoms with van der Waals surface area (Å²) < 4.78 is 20.2. The van der Waals surface area contributed by atoms with E-state index in [0.29, 0.717) is 11.3 Å². The van der Waals surface area contributed by atoms with Crippen LogP contribution in [-0.4, -0.2) is 16.9 Å². The molecule has 1 aromatic heterocycles. The van der Waals surface area contributed by atoms with Gasteiger partial charge in [-0.3, -0.25) is 4.68 Å². The molecule has 1 unspecified atom stereocenters. The van der Waals surface area contributed by atoms with E-state index in [4.69, 9.17) is 10.5 Å². The van der Waals surface area contributed by atoms with Crippen LogP contribution in [-0.2, 0) is 7.05 Å². The van der Waals surface area contributed by atoms with Gasteiger partial charge in [0.1, 0.15) is 11.6 Å². The van der Waals surface area contributed by atoms with E-state index < -0.39 is 6.04 Å². The molecule has 4 nitrogen and oxygen atoms in total. The summed E-state index contributed by atoms with van der Waals surface area (Å²) in [5.41, 5.74) is 8.47. The van der Waals surface area contributed by atoms with Crippen molar-refractivity contribution < 1.29 is 9.13 Å². The second-order valence-corrected chi connectivity index (χ2v) is 4.20. The molecule has 18 heavy (non-hydrogen) atoms. The minimum absolute atomic E-state index is 0.333. The summed E-state index contributed by atoms with van der Waals surface area (Å²) in [5.74, 6) is 0.239. The fraction of sp³-hybridized carbons (Fsp3) is 0.308. The number of rotatable bonds is 3. The molecular formula is C13H16FN3O. The molecule has 0 aliphatic rings. The fourth-order valence-electron chi connectivity index (χ4n) is 2.03. The number of benzene rings is 1.